The number of hydrogen-bond donors (Lipinski definition) is 2. The molecule has 2 N–H and O–H groups in total. The summed E-state index contributed by atoms with van der Waals surface area (Å²) in [5.41, 5.74) is 2.56. The van der Waals surface area contributed by atoms with Crippen molar-refractivity contribution in [2.24, 2.45) is 5.92 Å². The second-order valence-corrected chi connectivity index (χ2v) is 6.55. The lowest BCUT2D eigenvalue weighted by molar-refractivity contribution is 0.455. The third kappa shape index (κ3) is 2.25. The highest BCUT2D eigenvalue weighted by atomic mass is 35.5. The molecule has 4 nitrogen and oxygen atoms in total. The van der Waals surface area contributed by atoms with Crippen molar-refractivity contribution in [1.82, 2.24) is 4.98 Å². The molecular formula is C18H11Cl2N3O. The first-order valence-electron chi connectivity index (χ1n) is 7.30. The van der Waals surface area contributed by atoms with Gasteiger partial charge in [0.1, 0.15) is 11.7 Å². The van der Waals surface area contributed by atoms with E-state index in [4.69, 9.17) is 33.3 Å². The monoisotopic (exact) mass is 355 g/mol. The van der Waals surface area contributed by atoms with Gasteiger partial charge in [0, 0.05) is 38.6 Å². The smallest absolute Gasteiger partial charge is 0.205 e. The van der Waals surface area contributed by atoms with Crippen LogP contribution in [0.2, 0.25) is 10.0 Å². The summed E-state index contributed by atoms with van der Waals surface area (Å²) in [4.78, 5) is 3.12. The molecule has 1 aliphatic heterocycles. The summed E-state index contributed by atoms with van der Waals surface area (Å²) in [5.74, 6) is -0.559. The van der Waals surface area contributed by atoms with Gasteiger partial charge in [-0.05, 0) is 35.9 Å². The van der Waals surface area contributed by atoms with E-state index in [2.05, 4.69) is 11.1 Å². The van der Waals surface area contributed by atoms with Gasteiger partial charge in [0.25, 0.3) is 0 Å². The van der Waals surface area contributed by atoms with E-state index in [1.165, 1.54) is 0 Å². The molecule has 0 fully saturated rings. The van der Waals surface area contributed by atoms with Crippen molar-refractivity contribution in [1.29, 1.82) is 10.7 Å². The molecule has 0 radical (unpaired) electrons. The third-order valence-electron chi connectivity index (χ3n) is 4.26. The van der Waals surface area contributed by atoms with Crippen LogP contribution in [-0.2, 0) is 0 Å². The molecule has 0 spiro atoms. The molecule has 0 saturated carbocycles. The molecule has 4 rings (SSSR count). The molecule has 3 aromatic rings. The van der Waals surface area contributed by atoms with E-state index in [0.717, 1.165) is 22.0 Å². The molecule has 0 saturated heterocycles. The first kappa shape index (κ1) is 15.1. The minimum absolute atomic E-state index is 0.0696. The first-order chi connectivity index (χ1) is 11.6. The zero-order chi connectivity index (χ0) is 16.8. The second kappa shape index (κ2) is 5.55. The number of nitrogens with zero attached hydrogens (tertiary/aromatic N) is 1. The van der Waals surface area contributed by atoms with E-state index in [1.54, 1.807) is 18.2 Å². The van der Waals surface area contributed by atoms with Crippen molar-refractivity contribution in [2.45, 2.75) is 5.92 Å². The van der Waals surface area contributed by atoms with Gasteiger partial charge in [0.15, 0.2) is 0 Å². The van der Waals surface area contributed by atoms with Gasteiger partial charge in [-0.25, -0.2) is 0 Å². The van der Waals surface area contributed by atoms with E-state index < -0.39 is 5.92 Å². The van der Waals surface area contributed by atoms with Crippen molar-refractivity contribution in [2.75, 3.05) is 0 Å². The number of halogens is 2. The fourth-order valence-corrected chi connectivity index (χ4v) is 3.79. The number of benzene rings is 2. The van der Waals surface area contributed by atoms with Crippen molar-refractivity contribution in [3.63, 3.8) is 0 Å². The van der Waals surface area contributed by atoms with Gasteiger partial charge in [0.05, 0.1) is 6.07 Å². The van der Waals surface area contributed by atoms with Gasteiger partial charge >= 0.3 is 0 Å². The van der Waals surface area contributed by atoms with Crippen LogP contribution >= 0.6 is 23.2 Å². The van der Waals surface area contributed by atoms with Crippen LogP contribution in [0.3, 0.4) is 0 Å². The van der Waals surface area contributed by atoms with Crippen molar-refractivity contribution < 1.29 is 4.74 Å². The van der Waals surface area contributed by atoms with E-state index in [1.807, 2.05) is 24.4 Å². The van der Waals surface area contributed by atoms with Crippen molar-refractivity contribution >= 4 is 40.0 Å². The number of H-pyrrole nitrogens is 1. The van der Waals surface area contributed by atoms with Crippen LogP contribution in [0.25, 0.3) is 10.9 Å². The Kier molecular flexibility index (Phi) is 3.49. The Bertz CT molecular complexity index is 999. The van der Waals surface area contributed by atoms with Crippen LogP contribution in [0.4, 0.5) is 0 Å². The minimum atomic E-state index is -0.733. The van der Waals surface area contributed by atoms with Gasteiger partial charge in [-0.2, -0.15) is 5.26 Å². The Labute approximate surface area is 148 Å². The lowest BCUT2D eigenvalue weighted by atomic mass is 9.78. The van der Waals surface area contributed by atoms with Gasteiger partial charge in [-0.15, -0.1) is 0 Å². The normalized spacial score (nSPS) is 19.6. The highest BCUT2D eigenvalue weighted by Gasteiger charge is 2.38. The number of aromatic amines is 1. The Morgan fingerprint density at radius 3 is 2.58 bits per heavy atom. The van der Waals surface area contributed by atoms with Crippen LogP contribution in [0, 0.1) is 22.7 Å². The average Bonchev–Trinajstić information content (AvgIpc) is 3.01. The highest BCUT2D eigenvalue weighted by Crippen LogP contribution is 2.45. The second-order valence-electron chi connectivity index (χ2n) is 5.68. The number of hydrogen-bond acceptors (Lipinski definition) is 3. The molecule has 2 heterocycles. The summed E-state index contributed by atoms with van der Waals surface area (Å²) in [7, 11) is 0. The molecule has 0 amide bonds. The maximum atomic E-state index is 9.59. The molecule has 118 valence electrons. The van der Waals surface area contributed by atoms with Gasteiger partial charge in [-0.3, -0.25) is 5.41 Å². The maximum absolute atomic E-state index is 9.59. The minimum Gasteiger partial charge on any atom is -0.441 e. The van der Waals surface area contributed by atoms with E-state index in [-0.39, 0.29) is 11.8 Å². The predicted molar refractivity (Wildman–Crippen MR) is 94.1 cm³/mol. The predicted octanol–water partition coefficient (Wildman–Crippen LogP) is 5.12. The Morgan fingerprint density at radius 1 is 1.12 bits per heavy atom. The van der Waals surface area contributed by atoms with Crippen LogP contribution in [0.5, 0.6) is 5.75 Å². The number of fused-ring (bicyclic) bond motifs is 3. The average molecular weight is 356 g/mol. The van der Waals surface area contributed by atoms with Crippen molar-refractivity contribution in [3.05, 3.63) is 63.8 Å². The molecule has 2 atom stereocenters. The van der Waals surface area contributed by atoms with E-state index >= 15 is 0 Å². The van der Waals surface area contributed by atoms with Gasteiger partial charge < -0.3 is 9.72 Å². The summed E-state index contributed by atoms with van der Waals surface area (Å²) in [6, 6.07) is 13.2. The molecule has 24 heavy (non-hydrogen) atoms. The van der Waals surface area contributed by atoms with Gasteiger partial charge in [-0.1, -0.05) is 29.3 Å². The molecule has 0 bridgehead atoms. The van der Waals surface area contributed by atoms with E-state index in [0.29, 0.717) is 15.8 Å². The van der Waals surface area contributed by atoms with Crippen molar-refractivity contribution in [3.8, 4) is 11.8 Å². The SMILES string of the molecule is N#CC1C(=N)Oc2c(ccc3[nH]ccc23)C1c1cc(Cl)cc(Cl)c1. The Balaban J connectivity index is 2.00. The molecule has 0 aliphatic carbocycles. The first-order valence-corrected chi connectivity index (χ1v) is 8.06. The van der Waals surface area contributed by atoms with Crippen LogP contribution in [-0.4, -0.2) is 10.9 Å². The molecule has 2 unspecified atom stereocenters. The molecular weight excluding hydrogens is 345 g/mol. The molecule has 1 aromatic heterocycles. The Morgan fingerprint density at radius 2 is 1.88 bits per heavy atom. The lowest BCUT2D eigenvalue weighted by Crippen LogP contribution is -2.31. The summed E-state index contributed by atoms with van der Waals surface area (Å²) >= 11 is 12.3. The Hall–Kier alpha value is -2.48. The topological polar surface area (TPSA) is 72.7 Å². The quantitative estimate of drug-likeness (QED) is 0.635. The van der Waals surface area contributed by atoms with Crippen LogP contribution in [0.1, 0.15) is 17.0 Å². The number of ether oxygens (including phenoxy) is 1. The number of rotatable bonds is 1. The summed E-state index contributed by atoms with van der Waals surface area (Å²) in [6.45, 7) is 0. The number of aromatic nitrogens is 1. The number of nitrogens with one attached hydrogen (secondary N) is 2. The van der Waals surface area contributed by atoms with Gasteiger partial charge in [0.2, 0.25) is 5.90 Å². The number of nitriles is 1. The fourth-order valence-electron chi connectivity index (χ4n) is 3.25. The zero-order valence-corrected chi connectivity index (χ0v) is 13.8. The molecule has 2 aromatic carbocycles. The summed E-state index contributed by atoms with van der Waals surface area (Å²) < 4.78 is 5.69. The molecule has 1 aliphatic rings. The summed E-state index contributed by atoms with van der Waals surface area (Å²) in [5, 5.41) is 19.6. The van der Waals surface area contributed by atoms with Crippen LogP contribution < -0.4 is 4.74 Å². The zero-order valence-electron chi connectivity index (χ0n) is 12.3. The third-order valence-corrected chi connectivity index (χ3v) is 4.70. The maximum Gasteiger partial charge on any atom is 0.205 e. The summed E-state index contributed by atoms with van der Waals surface area (Å²) in [6.07, 6.45) is 1.82. The molecule has 6 heteroatoms. The lowest BCUT2D eigenvalue weighted by Gasteiger charge is -2.31. The largest absolute Gasteiger partial charge is 0.441 e. The fraction of sp³-hybridized carbons (Fsp3) is 0.111. The highest BCUT2D eigenvalue weighted by molar-refractivity contribution is 6.34. The van der Waals surface area contributed by atoms with Crippen LogP contribution in [0.15, 0.2) is 42.6 Å². The van der Waals surface area contributed by atoms with E-state index in [9.17, 15) is 5.26 Å². The standard InChI is InChI=1S/C18H11Cl2N3O/c19-10-5-9(6-11(20)7-10)16-13-1-2-15-12(3-4-23-15)17(13)24-18(22)14(16)8-21/h1-7,14,16,22-23H.